The van der Waals surface area contributed by atoms with Crippen LogP contribution in [0, 0.1) is 5.92 Å². The molecule has 1 N–H and O–H groups in total. The SMILES string of the molecule is FC(F)(F)[C@@]1(CCC2CC2)c2cc(Cl)ccc2Nc2ncccc21. The average molecular weight is 353 g/mol. The average Bonchev–Trinajstić information content (AvgIpc) is 3.35. The summed E-state index contributed by atoms with van der Waals surface area (Å²) in [5.41, 5.74) is -1.25. The van der Waals surface area contributed by atoms with Crippen molar-refractivity contribution in [2.45, 2.75) is 37.3 Å². The summed E-state index contributed by atoms with van der Waals surface area (Å²) in [4.78, 5) is 4.15. The van der Waals surface area contributed by atoms with Crippen molar-refractivity contribution in [1.82, 2.24) is 4.98 Å². The number of benzene rings is 1. The van der Waals surface area contributed by atoms with Gasteiger partial charge in [-0.05, 0) is 48.6 Å². The normalized spacial score (nSPS) is 22.5. The number of alkyl halides is 3. The first-order valence-corrected chi connectivity index (χ1v) is 8.39. The molecule has 2 aromatic rings. The van der Waals surface area contributed by atoms with E-state index in [1.54, 1.807) is 18.2 Å². The number of pyridine rings is 1. The summed E-state index contributed by atoms with van der Waals surface area (Å²) < 4.78 is 43.4. The lowest BCUT2D eigenvalue weighted by atomic mass is 9.68. The molecular formula is C18H16ClF3N2. The fourth-order valence-electron chi connectivity index (χ4n) is 3.64. The van der Waals surface area contributed by atoms with E-state index in [0.29, 0.717) is 23.0 Å². The van der Waals surface area contributed by atoms with Crippen LogP contribution in [0.3, 0.4) is 0 Å². The minimum absolute atomic E-state index is 0.0227. The van der Waals surface area contributed by atoms with Crippen LogP contribution in [0.25, 0.3) is 0 Å². The molecule has 0 saturated heterocycles. The minimum Gasteiger partial charge on any atom is -0.340 e. The van der Waals surface area contributed by atoms with E-state index in [-0.39, 0.29) is 23.4 Å². The molecule has 2 heterocycles. The molecule has 126 valence electrons. The zero-order chi connectivity index (χ0) is 16.9. The molecule has 0 spiro atoms. The number of hydrogen-bond donors (Lipinski definition) is 1. The molecule has 0 radical (unpaired) electrons. The molecule has 0 unspecified atom stereocenters. The van der Waals surface area contributed by atoms with Crippen molar-refractivity contribution in [2.24, 2.45) is 5.92 Å². The predicted octanol–water partition coefficient (Wildman–Crippen LogP) is 5.83. The Morgan fingerprint density at radius 2 is 2.00 bits per heavy atom. The van der Waals surface area contributed by atoms with Crippen LogP contribution in [-0.4, -0.2) is 11.2 Å². The molecule has 1 atom stereocenters. The maximum atomic E-state index is 14.5. The van der Waals surface area contributed by atoms with Gasteiger partial charge in [-0.25, -0.2) is 4.98 Å². The van der Waals surface area contributed by atoms with Crippen molar-refractivity contribution in [3.05, 3.63) is 52.7 Å². The van der Waals surface area contributed by atoms with Gasteiger partial charge in [0.15, 0.2) is 0 Å². The highest BCUT2D eigenvalue weighted by atomic mass is 35.5. The second kappa shape index (κ2) is 5.38. The molecule has 1 fully saturated rings. The summed E-state index contributed by atoms with van der Waals surface area (Å²) in [5.74, 6) is 0.683. The number of nitrogens with one attached hydrogen (secondary N) is 1. The van der Waals surface area contributed by atoms with Gasteiger partial charge in [-0.3, -0.25) is 0 Å². The standard InChI is InChI=1S/C18H16ClF3N2/c19-12-5-6-15-14(10-12)17(18(20,21)22,8-7-11-3-4-11)13-2-1-9-23-16(13)24-15/h1-2,5-6,9-11H,3-4,7-8H2,(H,23,24)/t17-/m1/s1. The van der Waals surface area contributed by atoms with Crippen LogP contribution in [-0.2, 0) is 5.41 Å². The lowest BCUT2D eigenvalue weighted by Gasteiger charge is -2.42. The molecule has 0 amide bonds. The topological polar surface area (TPSA) is 24.9 Å². The fourth-order valence-corrected chi connectivity index (χ4v) is 3.82. The Hall–Kier alpha value is -1.75. The largest absolute Gasteiger partial charge is 0.402 e. The molecule has 4 rings (SSSR count). The maximum absolute atomic E-state index is 14.5. The van der Waals surface area contributed by atoms with Crippen molar-refractivity contribution >= 4 is 23.1 Å². The quantitative estimate of drug-likeness (QED) is 0.751. The molecular weight excluding hydrogens is 337 g/mol. The van der Waals surface area contributed by atoms with E-state index in [9.17, 15) is 13.2 Å². The van der Waals surface area contributed by atoms with Crippen LogP contribution in [0.1, 0.15) is 36.8 Å². The molecule has 1 aromatic carbocycles. The monoisotopic (exact) mass is 352 g/mol. The minimum atomic E-state index is -4.43. The van der Waals surface area contributed by atoms with Gasteiger partial charge in [0.1, 0.15) is 11.2 Å². The second-order valence-corrected chi connectivity index (χ2v) is 7.04. The summed E-state index contributed by atoms with van der Waals surface area (Å²) in [5, 5.41) is 3.34. The molecule has 2 aliphatic rings. The van der Waals surface area contributed by atoms with Gasteiger partial charge in [-0.15, -0.1) is 0 Å². The second-order valence-electron chi connectivity index (χ2n) is 6.60. The summed E-state index contributed by atoms with van der Waals surface area (Å²) in [6.45, 7) is 0. The zero-order valence-electron chi connectivity index (χ0n) is 12.8. The van der Waals surface area contributed by atoms with Crippen molar-refractivity contribution in [3.8, 4) is 0 Å². The lowest BCUT2D eigenvalue weighted by Crippen LogP contribution is -2.46. The third-order valence-corrected chi connectivity index (χ3v) is 5.31. The summed E-state index contributed by atoms with van der Waals surface area (Å²) >= 11 is 6.05. The number of halogens is 4. The summed E-state index contributed by atoms with van der Waals surface area (Å²) in [6.07, 6.45) is -0.298. The molecule has 1 aromatic heterocycles. The van der Waals surface area contributed by atoms with Crippen LogP contribution in [0.4, 0.5) is 24.7 Å². The number of anilines is 2. The van der Waals surface area contributed by atoms with E-state index in [2.05, 4.69) is 10.3 Å². The van der Waals surface area contributed by atoms with Crippen molar-refractivity contribution < 1.29 is 13.2 Å². The van der Waals surface area contributed by atoms with Crippen LogP contribution in [0.5, 0.6) is 0 Å². The van der Waals surface area contributed by atoms with Crippen LogP contribution in [0.2, 0.25) is 5.02 Å². The summed E-state index contributed by atoms with van der Waals surface area (Å²) in [6, 6.07) is 7.74. The van der Waals surface area contributed by atoms with E-state index in [1.807, 2.05) is 0 Å². The molecule has 1 saturated carbocycles. The smallest absolute Gasteiger partial charge is 0.340 e. The van der Waals surface area contributed by atoms with Gasteiger partial charge >= 0.3 is 6.18 Å². The lowest BCUT2D eigenvalue weighted by molar-refractivity contribution is -0.180. The van der Waals surface area contributed by atoms with Gasteiger partial charge in [0.2, 0.25) is 0 Å². The van der Waals surface area contributed by atoms with E-state index < -0.39 is 11.6 Å². The number of fused-ring (bicyclic) bond motifs is 2. The van der Waals surface area contributed by atoms with E-state index >= 15 is 0 Å². The van der Waals surface area contributed by atoms with Crippen molar-refractivity contribution in [2.75, 3.05) is 5.32 Å². The Kier molecular flexibility index (Phi) is 3.53. The number of nitrogens with zero attached hydrogens (tertiary/aromatic N) is 1. The van der Waals surface area contributed by atoms with Gasteiger partial charge in [-0.1, -0.05) is 30.5 Å². The number of aromatic nitrogens is 1. The van der Waals surface area contributed by atoms with Crippen molar-refractivity contribution in [3.63, 3.8) is 0 Å². The Labute approximate surface area is 143 Å². The maximum Gasteiger partial charge on any atom is 0.402 e. The highest BCUT2D eigenvalue weighted by molar-refractivity contribution is 6.30. The third-order valence-electron chi connectivity index (χ3n) is 5.07. The first kappa shape index (κ1) is 15.8. The van der Waals surface area contributed by atoms with Crippen molar-refractivity contribution in [1.29, 1.82) is 0 Å². The highest BCUT2D eigenvalue weighted by Gasteiger charge is 2.60. The van der Waals surface area contributed by atoms with E-state index in [0.717, 1.165) is 12.8 Å². The third kappa shape index (κ3) is 2.37. The Morgan fingerprint density at radius 1 is 1.21 bits per heavy atom. The fraction of sp³-hybridized carbons (Fsp3) is 0.389. The molecule has 1 aliphatic carbocycles. The number of rotatable bonds is 3. The molecule has 0 bridgehead atoms. The number of hydrogen-bond acceptors (Lipinski definition) is 2. The first-order valence-electron chi connectivity index (χ1n) is 8.01. The highest BCUT2D eigenvalue weighted by Crippen LogP contribution is 2.57. The summed E-state index contributed by atoms with van der Waals surface area (Å²) in [7, 11) is 0. The zero-order valence-corrected chi connectivity index (χ0v) is 13.6. The van der Waals surface area contributed by atoms with Gasteiger partial charge < -0.3 is 5.32 Å². The van der Waals surface area contributed by atoms with Crippen LogP contribution >= 0.6 is 11.6 Å². The van der Waals surface area contributed by atoms with Gasteiger partial charge in [-0.2, -0.15) is 13.2 Å². The molecule has 6 heteroatoms. The Balaban J connectivity index is 1.96. The van der Waals surface area contributed by atoms with Gasteiger partial charge in [0, 0.05) is 22.5 Å². The predicted molar refractivity (Wildman–Crippen MR) is 87.8 cm³/mol. The molecule has 24 heavy (non-hydrogen) atoms. The van der Waals surface area contributed by atoms with Gasteiger partial charge in [0.05, 0.1) is 0 Å². The van der Waals surface area contributed by atoms with Crippen LogP contribution < -0.4 is 5.32 Å². The Bertz CT molecular complexity index is 786. The van der Waals surface area contributed by atoms with E-state index in [4.69, 9.17) is 11.6 Å². The first-order chi connectivity index (χ1) is 11.4. The van der Waals surface area contributed by atoms with Crippen LogP contribution in [0.15, 0.2) is 36.5 Å². The molecule has 2 nitrogen and oxygen atoms in total. The Morgan fingerprint density at radius 3 is 2.71 bits per heavy atom. The molecule has 1 aliphatic heterocycles. The van der Waals surface area contributed by atoms with Gasteiger partial charge in [0.25, 0.3) is 0 Å². The van der Waals surface area contributed by atoms with E-state index in [1.165, 1.54) is 18.3 Å².